The monoisotopic (exact) mass is 315 g/mol. The number of methoxy groups -OCH3 is 1. The Morgan fingerprint density at radius 3 is 2.91 bits per heavy atom. The predicted molar refractivity (Wildman–Crippen MR) is 80.8 cm³/mol. The normalized spacial score (nSPS) is 10.7. The van der Waals surface area contributed by atoms with Gasteiger partial charge in [0.05, 0.1) is 24.3 Å². The van der Waals surface area contributed by atoms with Crippen molar-refractivity contribution in [1.82, 2.24) is 24.5 Å². The van der Waals surface area contributed by atoms with Crippen LogP contribution in [-0.2, 0) is 11.3 Å². The molecule has 0 aliphatic carbocycles. The summed E-state index contributed by atoms with van der Waals surface area (Å²) in [7, 11) is 1.23. The van der Waals surface area contributed by atoms with E-state index in [9.17, 15) is 9.59 Å². The summed E-state index contributed by atoms with van der Waals surface area (Å²) in [6.07, 6.45) is 0.734. The minimum Gasteiger partial charge on any atom is -0.453 e. The van der Waals surface area contributed by atoms with E-state index in [2.05, 4.69) is 25.3 Å². The first-order valence-electron chi connectivity index (χ1n) is 6.59. The Morgan fingerprint density at radius 2 is 2.13 bits per heavy atom. The summed E-state index contributed by atoms with van der Waals surface area (Å²) in [4.78, 5) is 27.7. The predicted octanol–water partition coefficient (Wildman–Crippen LogP) is 0.729. The van der Waals surface area contributed by atoms with Crippen LogP contribution in [0, 0.1) is 0 Å². The summed E-state index contributed by atoms with van der Waals surface area (Å²) >= 11 is 0. The van der Waals surface area contributed by atoms with Gasteiger partial charge in [0.2, 0.25) is 5.95 Å². The van der Waals surface area contributed by atoms with Gasteiger partial charge in [-0.25, -0.2) is 19.0 Å². The summed E-state index contributed by atoms with van der Waals surface area (Å²) < 4.78 is 7.03. The molecule has 0 unspecified atom stereocenters. The molecule has 1 aromatic carbocycles. The molecule has 2 aromatic heterocycles. The molecular weight excluding hydrogens is 302 g/mol. The zero-order chi connectivity index (χ0) is 16.4. The van der Waals surface area contributed by atoms with E-state index in [4.69, 9.17) is 5.73 Å². The number of aromatic nitrogens is 5. The minimum atomic E-state index is -0.673. The highest BCUT2D eigenvalue weighted by Gasteiger charge is 2.16. The molecule has 3 N–H and O–H groups in total. The number of hydrogen-bond acceptors (Lipinski definition) is 7. The number of para-hydroxylation sites is 2. The van der Waals surface area contributed by atoms with Gasteiger partial charge in [-0.15, -0.1) is 5.10 Å². The highest BCUT2D eigenvalue weighted by atomic mass is 16.5. The van der Waals surface area contributed by atoms with Crippen LogP contribution in [0.15, 0.2) is 30.5 Å². The topological polar surface area (TPSA) is 130 Å². The van der Waals surface area contributed by atoms with E-state index in [1.54, 1.807) is 18.2 Å². The molecule has 0 aliphatic heterocycles. The van der Waals surface area contributed by atoms with Gasteiger partial charge in [0.15, 0.2) is 5.82 Å². The van der Waals surface area contributed by atoms with Crippen LogP contribution in [-0.4, -0.2) is 43.7 Å². The Bertz CT molecular complexity index is 883. The van der Waals surface area contributed by atoms with Crippen molar-refractivity contribution in [2.45, 2.75) is 6.54 Å². The molecule has 0 saturated heterocycles. The van der Waals surface area contributed by atoms with E-state index in [1.165, 1.54) is 22.6 Å². The lowest BCUT2D eigenvalue weighted by atomic mass is 10.3. The van der Waals surface area contributed by atoms with Crippen molar-refractivity contribution in [1.29, 1.82) is 0 Å². The minimum absolute atomic E-state index is 0.101. The van der Waals surface area contributed by atoms with Crippen LogP contribution in [0.4, 0.5) is 16.6 Å². The van der Waals surface area contributed by atoms with Crippen molar-refractivity contribution in [3.8, 4) is 0 Å². The highest BCUT2D eigenvalue weighted by Crippen LogP contribution is 2.17. The maximum Gasteiger partial charge on any atom is 0.412 e. The Morgan fingerprint density at radius 1 is 1.35 bits per heavy atom. The van der Waals surface area contributed by atoms with E-state index in [0.29, 0.717) is 11.0 Å². The number of benzene rings is 1. The number of ether oxygens (including phenoxy) is 1. The Hall–Kier alpha value is -3.43. The molecule has 0 saturated carbocycles. The second-order valence-corrected chi connectivity index (χ2v) is 4.61. The van der Waals surface area contributed by atoms with Crippen molar-refractivity contribution in [2.75, 3.05) is 18.2 Å². The molecule has 0 spiro atoms. The number of amides is 1. The molecule has 3 aromatic rings. The van der Waals surface area contributed by atoms with Crippen LogP contribution in [0.1, 0.15) is 4.79 Å². The Kier molecular flexibility index (Phi) is 3.63. The van der Waals surface area contributed by atoms with E-state index >= 15 is 0 Å². The van der Waals surface area contributed by atoms with Crippen molar-refractivity contribution in [3.05, 3.63) is 30.5 Å². The molecule has 23 heavy (non-hydrogen) atoms. The quantitative estimate of drug-likeness (QED) is 0.728. The number of nitrogens with one attached hydrogen (secondary N) is 1. The van der Waals surface area contributed by atoms with Gasteiger partial charge < -0.3 is 10.5 Å². The first-order chi connectivity index (χ1) is 11.1. The molecule has 2 heterocycles. The third kappa shape index (κ3) is 2.81. The molecule has 10 nitrogen and oxygen atoms in total. The van der Waals surface area contributed by atoms with Crippen molar-refractivity contribution in [2.24, 2.45) is 0 Å². The summed E-state index contributed by atoms with van der Waals surface area (Å²) in [5, 5.41) is 9.83. The van der Waals surface area contributed by atoms with E-state index in [1.807, 2.05) is 6.07 Å². The number of imidazole rings is 1. The second-order valence-electron chi connectivity index (χ2n) is 4.61. The molecule has 0 fully saturated rings. The van der Waals surface area contributed by atoms with Gasteiger partial charge in [0.1, 0.15) is 6.54 Å². The van der Waals surface area contributed by atoms with Crippen molar-refractivity contribution < 1.29 is 14.3 Å². The van der Waals surface area contributed by atoms with Gasteiger partial charge in [-0.05, 0) is 12.1 Å². The maximum atomic E-state index is 12.4. The number of carbonyl (C=O) groups is 2. The Labute approximate surface area is 129 Å². The van der Waals surface area contributed by atoms with Crippen LogP contribution in [0.25, 0.3) is 11.0 Å². The number of anilines is 2. The maximum absolute atomic E-state index is 12.4. The fourth-order valence-corrected chi connectivity index (χ4v) is 2.10. The lowest BCUT2D eigenvalue weighted by molar-refractivity contribution is 0.0893. The number of carbonyl (C=O) groups excluding carboxylic acids is 2. The molecule has 3 rings (SSSR count). The molecule has 0 atom stereocenters. The fourth-order valence-electron chi connectivity index (χ4n) is 2.10. The number of nitrogen functional groups attached to an aromatic ring is 1. The van der Waals surface area contributed by atoms with Crippen LogP contribution < -0.4 is 11.1 Å². The summed E-state index contributed by atoms with van der Waals surface area (Å²) in [6, 6.07) is 7.12. The molecule has 0 bridgehead atoms. The van der Waals surface area contributed by atoms with Crippen LogP contribution in [0.3, 0.4) is 0 Å². The highest BCUT2D eigenvalue weighted by molar-refractivity contribution is 5.93. The van der Waals surface area contributed by atoms with E-state index in [-0.39, 0.29) is 24.2 Å². The number of nitrogens with zero attached hydrogens (tertiary/aromatic N) is 5. The molecule has 0 radical (unpaired) electrons. The van der Waals surface area contributed by atoms with Crippen molar-refractivity contribution in [3.63, 3.8) is 0 Å². The van der Waals surface area contributed by atoms with Gasteiger partial charge >= 0.3 is 6.09 Å². The third-order valence-corrected chi connectivity index (χ3v) is 3.09. The average Bonchev–Trinajstić information content (AvgIpc) is 3.09. The zero-order valence-electron chi connectivity index (χ0n) is 12.1. The number of rotatable bonds is 3. The molecule has 10 heteroatoms. The molecule has 1 amide bonds. The SMILES string of the molecule is COC(=O)Nc1cn(CC(=O)n2c(N)nc3ccccc32)nn1. The summed E-state index contributed by atoms with van der Waals surface area (Å²) in [6.45, 7) is -0.111. The number of fused-ring (bicyclic) bond motifs is 1. The van der Waals surface area contributed by atoms with Crippen LogP contribution in [0.2, 0.25) is 0 Å². The molecule has 118 valence electrons. The van der Waals surface area contributed by atoms with Gasteiger partial charge in [0, 0.05) is 0 Å². The third-order valence-electron chi connectivity index (χ3n) is 3.09. The lowest BCUT2D eigenvalue weighted by Crippen LogP contribution is -2.20. The molecular formula is C13H13N7O3. The van der Waals surface area contributed by atoms with Crippen LogP contribution >= 0.6 is 0 Å². The van der Waals surface area contributed by atoms with Crippen molar-refractivity contribution >= 4 is 34.8 Å². The summed E-state index contributed by atoms with van der Waals surface area (Å²) in [5.74, 6) is -0.0527. The largest absolute Gasteiger partial charge is 0.453 e. The standard InChI is InChI=1S/C13H13N7O3/c1-23-13(22)16-10-6-19(18-17-10)7-11(21)20-9-5-3-2-4-8(9)15-12(20)14/h2-6H,7H2,1H3,(H2,14,15)(H,16,22). The number of hydrogen-bond donors (Lipinski definition) is 2. The second kappa shape index (κ2) is 5.75. The molecule has 0 aliphatic rings. The van der Waals surface area contributed by atoms with Gasteiger partial charge in [-0.1, -0.05) is 17.3 Å². The van der Waals surface area contributed by atoms with Gasteiger partial charge in [-0.3, -0.25) is 10.1 Å². The Balaban J connectivity index is 1.81. The number of nitrogens with two attached hydrogens (primary N) is 1. The fraction of sp³-hybridized carbons (Fsp3) is 0.154. The first kappa shape index (κ1) is 14.5. The summed E-state index contributed by atoms with van der Waals surface area (Å²) in [5.41, 5.74) is 7.05. The zero-order valence-corrected chi connectivity index (χ0v) is 12.1. The van der Waals surface area contributed by atoms with Crippen LogP contribution in [0.5, 0.6) is 0 Å². The van der Waals surface area contributed by atoms with Gasteiger partial charge in [0.25, 0.3) is 5.91 Å². The first-order valence-corrected chi connectivity index (χ1v) is 6.59. The average molecular weight is 315 g/mol. The smallest absolute Gasteiger partial charge is 0.412 e. The lowest BCUT2D eigenvalue weighted by Gasteiger charge is -2.04. The van der Waals surface area contributed by atoms with Gasteiger partial charge in [-0.2, -0.15) is 0 Å². The van der Waals surface area contributed by atoms with E-state index < -0.39 is 6.09 Å². The van der Waals surface area contributed by atoms with E-state index in [0.717, 1.165) is 0 Å².